The van der Waals surface area contributed by atoms with Crippen LogP contribution >= 0.6 is 0 Å². The molecule has 2 rings (SSSR count). The molecule has 1 aromatic rings. The molecule has 0 spiro atoms. The van der Waals surface area contributed by atoms with Crippen LogP contribution in [0, 0.1) is 28.1 Å². The van der Waals surface area contributed by atoms with Gasteiger partial charge in [0.05, 0.1) is 12.1 Å². The van der Waals surface area contributed by atoms with E-state index in [-0.39, 0.29) is 11.1 Å². The van der Waals surface area contributed by atoms with Gasteiger partial charge in [-0.1, -0.05) is 24.3 Å². The summed E-state index contributed by atoms with van der Waals surface area (Å²) in [6.45, 7) is 0. The van der Waals surface area contributed by atoms with Crippen molar-refractivity contribution < 1.29 is 9.18 Å². The third-order valence-corrected chi connectivity index (χ3v) is 2.57. The molecule has 0 heterocycles. The minimum absolute atomic E-state index is 0.130. The molecule has 0 aromatic heterocycles. The summed E-state index contributed by atoms with van der Waals surface area (Å²) in [6, 6.07) is 8.98. The van der Waals surface area contributed by atoms with Crippen molar-refractivity contribution in [2.45, 2.75) is 6.17 Å². The normalized spacial score (nSPS) is 21.5. The second kappa shape index (κ2) is 2.90. The summed E-state index contributed by atoms with van der Waals surface area (Å²) in [5.74, 6) is -0.740. The number of fused-ring (bicyclic) bond motifs is 1. The lowest BCUT2D eigenvalue weighted by molar-refractivity contribution is 0.0858. The van der Waals surface area contributed by atoms with Crippen LogP contribution in [-0.2, 0) is 0 Å². The van der Waals surface area contributed by atoms with E-state index in [0.717, 1.165) is 0 Å². The van der Waals surface area contributed by atoms with Crippen LogP contribution in [0.1, 0.15) is 22.1 Å². The molecule has 0 bridgehead atoms. The molecular weight excluding hydrogens is 195 g/mol. The number of nitriles is 2. The molecule has 0 saturated heterocycles. The monoisotopic (exact) mass is 200 g/mol. The van der Waals surface area contributed by atoms with Crippen LogP contribution < -0.4 is 0 Å². The number of hydrogen-bond acceptors (Lipinski definition) is 3. The Bertz CT molecular complexity index is 510. The first-order valence-electron chi connectivity index (χ1n) is 4.27. The highest BCUT2D eigenvalue weighted by Crippen LogP contribution is 2.47. The SMILES string of the molecule is N#CC1(C#N)C(=O)c2ccccc2C1F. The molecule has 4 heteroatoms. The Hall–Kier alpha value is -2.20. The Kier molecular flexibility index (Phi) is 1.81. The van der Waals surface area contributed by atoms with Gasteiger partial charge in [0.15, 0.2) is 6.17 Å². The molecule has 0 fully saturated rings. The van der Waals surface area contributed by atoms with Crippen LogP contribution in [0.4, 0.5) is 4.39 Å². The van der Waals surface area contributed by atoms with E-state index in [1.807, 2.05) is 0 Å². The van der Waals surface area contributed by atoms with Crippen molar-refractivity contribution in [2.75, 3.05) is 0 Å². The molecule has 0 amide bonds. The lowest BCUT2D eigenvalue weighted by Gasteiger charge is -2.11. The van der Waals surface area contributed by atoms with E-state index in [1.165, 1.54) is 24.3 Å². The van der Waals surface area contributed by atoms with E-state index in [4.69, 9.17) is 10.5 Å². The van der Waals surface area contributed by atoms with Crippen LogP contribution in [-0.4, -0.2) is 5.78 Å². The van der Waals surface area contributed by atoms with Gasteiger partial charge < -0.3 is 0 Å². The lowest BCUT2D eigenvalue weighted by Crippen LogP contribution is -2.26. The number of carbonyl (C=O) groups is 1. The van der Waals surface area contributed by atoms with Gasteiger partial charge in [-0.2, -0.15) is 10.5 Å². The minimum Gasteiger partial charge on any atom is -0.291 e. The van der Waals surface area contributed by atoms with Crippen LogP contribution in [0.25, 0.3) is 0 Å². The highest BCUT2D eigenvalue weighted by Gasteiger charge is 2.55. The second-order valence-electron chi connectivity index (χ2n) is 3.31. The number of ketones is 1. The lowest BCUT2D eigenvalue weighted by atomic mass is 9.86. The first-order chi connectivity index (χ1) is 7.17. The topological polar surface area (TPSA) is 64.7 Å². The van der Waals surface area contributed by atoms with Gasteiger partial charge in [-0.05, 0) is 0 Å². The zero-order valence-electron chi connectivity index (χ0n) is 7.57. The highest BCUT2D eigenvalue weighted by molar-refractivity contribution is 6.09. The zero-order chi connectivity index (χ0) is 11.1. The van der Waals surface area contributed by atoms with Gasteiger partial charge in [0, 0.05) is 11.1 Å². The maximum Gasteiger partial charge on any atom is 0.240 e. The summed E-state index contributed by atoms with van der Waals surface area (Å²) in [5, 5.41) is 17.6. The molecule has 72 valence electrons. The summed E-state index contributed by atoms with van der Waals surface area (Å²) >= 11 is 0. The summed E-state index contributed by atoms with van der Waals surface area (Å²) in [6.07, 6.45) is -1.85. The number of nitrogens with zero attached hydrogens (tertiary/aromatic N) is 2. The molecule has 0 N–H and O–H groups in total. The predicted molar refractivity (Wildman–Crippen MR) is 48.3 cm³/mol. The third-order valence-electron chi connectivity index (χ3n) is 2.57. The smallest absolute Gasteiger partial charge is 0.240 e. The summed E-state index contributed by atoms with van der Waals surface area (Å²) in [4.78, 5) is 11.7. The fourth-order valence-electron chi connectivity index (χ4n) is 1.73. The van der Waals surface area contributed by atoms with E-state index < -0.39 is 17.4 Å². The largest absolute Gasteiger partial charge is 0.291 e. The van der Waals surface area contributed by atoms with E-state index >= 15 is 0 Å². The van der Waals surface area contributed by atoms with Crippen molar-refractivity contribution in [1.29, 1.82) is 10.5 Å². The second-order valence-corrected chi connectivity index (χ2v) is 3.31. The summed E-state index contributed by atoms with van der Waals surface area (Å²) in [5.41, 5.74) is -1.93. The Labute approximate surface area is 85.4 Å². The molecule has 0 radical (unpaired) electrons. The zero-order valence-corrected chi connectivity index (χ0v) is 7.57. The maximum absolute atomic E-state index is 13.8. The van der Waals surface area contributed by atoms with Gasteiger partial charge in [-0.3, -0.25) is 4.79 Å². The van der Waals surface area contributed by atoms with Crippen molar-refractivity contribution in [3.8, 4) is 12.1 Å². The molecule has 1 aliphatic rings. The molecule has 1 aromatic carbocycles. The fraction of sp³-hybridized carbons (Fsp3) is 0.182. The molecule has 0 aliphatic heterocycles. The average Bonchev–Trinajstić information content (AvgIpc) is 2.51. The number of carbonyl (C=O) groups excluding carboxylic acids is 1. The van der Waals surface area contributed by atoms with Gasteiger partial charge in [0.25, 0.3) is 0 Å². The number of Topliss-reactive ketones (excluding diaryl/α,β-unsaturated/α-hetero) is 1. The number of hydrogen-bond donors (Lipinski definition) is 0. The van der Waals surface area contributed by atoms with Crippen LogP contribution in [0.2, 0.25) is 0 Å². The summed E-state index contributed by atoms with van der Waals surface area (Å²) < 4.78 is 13.8. The number of benzene rings is 1. The highest BCUT2D eigenvalue weighted by atomic mass is 19.1. The quantitative estimate of drug-likeness (QED) is 0.642. The Balaban J connectivity index is 2.72. The number of alkyl halides is 1. The fourth-order valence-corrected chi connectivity index (χ4v) is 1.73. The molecular formula is C11H5FN2O. The van der Waals surface area contributed by atoms with E-state index in [2.05, 4.69) is 0 Å². The standard InChI is InChI=1S/C11H5FN2O/c12-9-7-3-1-2-4-8(7)10(15)11(9,5-13)6-14/h1-4,9H. The first kappa shape index (κ1) is 9.36. The van der Waals surface area contributed by atoms with Gasteiger partial charge in [0.2, 0.25) is 11.2 Å². The summed E-state index contributed by atoms with van der Waals surface area (Å²) in [7, 11) is 0. The average molecular weight is 200 g/mol. The first-order valence-corrected chi connectivity index (χ1v) is 4.27. The Morgan fingerprint density at radius 3 is 2.40 bits per heavy atom. The molecule has 3 nitrogen and oxygen atoms in total. The van der Waals surface area contributed by atoms with Crippen LogP contribution in [0.15, 0.2) is 24.3 Å². The molecule has 15 heavy (non-hydrogen) atoms. The molecule has 1 unspecified atom stereocenters. The Morgan fingerprint density at radius 1 is 1.27 bits per heavy atom. The third kappa shape index (κ3) is 0.936. The van der Waals surface area contributed by atoms with E-state index in [9.17, 15) is 9.18 Å². The van der Waals surface area contributed by atoms with E-state index in [1.54, 1.807) is 12.1 Å². The van der Waals surface area contributed by atoms with Crippen molar-refractivity contribution in [3.05, 3.63) is 35.4 Å². The van der Waals surface area contributed by atoms with Gasteiger partial charge in [-0.25, -0.2) is 4.39 Å². The molecule has 1 atom stereocenters. The predicted octanol–water partition coefficient (Wildman–Crippen LogP) is 1.93. The van der Waals surface area contributed by atoms with Crippen LogP contribution in [0.3, 0.4) is 0 Å². The van der Waals surface area contributed by atoms with Gasteiger partial charge in [0.1, 0.15) is 0 Å². The van der Waals surface area contributed by atoms with Crippen molar-refractivity contribution >= 4 is 5.78 Å². The molecule has 0 saturated carbocycles. The van der Waals surface area contributed by atoms with Gasteiger partial charge >= 0.3 is 0 Å². The maximum atomic E-state index is 13.8. The minimum atomic E-state index is -2.19. The van der Waals surface area contributed by atoms with Crippen molar-refractivity contribution in [3.63, 3.8) is 0 Å². The van der Waals surface area contributed by atoms with Crippen molar-refractivity contribution in [2.24, 2.45) is 5.41 Å². The van der Waals surface area contributed by atoms with Gasteiger partial charge in [-0.15, -0.1) is 0 Å². The van der Waals surface area contributed by atoms with Crippen molar-refractivity contribution in [1.82, 2.24) is 0 Å². The molecule has 1 aliphatic carbocycles. The van der Waals surface area contributed by atoms with E-state index in [0.29, 0.717) is 0 Å². The van der Waals surface area contributed by atoms with Crippen LogP contribution in [0.5, 0.6) is 0 Å². The number of rotatable bonds is 0. The number of halogens is 1. The Morgan fingerprint density at radius 2 is 1.87 bits per heavy atom.